The molecule has 6 heteroatoms. The highest BCUT2D eigenvalue weighted by Gasteiger charge is 2.20. The molecule has 0 spiro atoms. The quantitative estimate of drug-likeness (QED) is 0.0320. The Morgan fingerprint density at radius 2 is 0.625 bits per heavy atom. The Hall–Kier alpha value is -1.66. The van der Waals surface area contributed by atoms with E-state index < -0.39 is 12.1 Å². The summed E-state index contributed by atoms with van der Waals surface area (Å²) in [6.45, 7) is 4.99. The molecule has 3 N–H and O–H groups in total. The van der Waals surface area contributed by atoms with Crippen molar-refractivity contribution < 1.29 is 24.5 Å². The summed E-state index contributed by atoms with van der Waals surface area (Å²) in [4.78, 5) is 24.7. The number of amides is 1. The number of hydrogen-bond acceptors (Lipinski definition) is 5. The van der Waals surface area contributed by atoms with Crippen LogP contribution in [0.25, 0.3) is 0 Å². The van der Waals surface area contributed by atoms with E-state index in [4.69, 9.17) is 4.74 Å². The standard InChI is InChI=1S/C74H143NO5/c1-3-5-7-9-11-13-15-17-19-21-22-23-25-28-31-35-38-42-46-50-54-58-62-66-72(77)71(70-76)75-73(78)67-63-59-55-51-47-43-39-36-32-29-26-24-27-30-33-37-41-45-49-53-57-61-65-69-80-74(79)68-64-60-56-52-48-44-40-34-20-18-16-14-12-10-8-6-4-2/h24,27,29,32,71-72,76-77H,3-23,25-26,28,30-31,33-70H2,1-2H3,(H,75,78)/b27-24-,32-29-. The predicted octanol–water partition coefficient (Wildman–Crippen LogP) is 23.7. The van der Waals surface area contributed by atoms with Gasteiger partial charge in [0, 0.05) is 12.8 Å². The molecule has 80 heavy (non-hydrogen) atoms. The fourth-order valence-corrected chi connectivity index (χ4v) is 11.7. The van der Waals surface area contributed by atoms with Crippen molar-refractivity contribution in [1.29, 1.82) is 0 Å². The first-order valence-electron chi connectivity index (χ1n) is 36.6. The monoisotopic (exact) mass is 1130 g/mol. The van der Waals surface area contributed by atoms with Gasteiger partial charge in [-0.2, -0.15) is 0 Å². The number of hydrogen-bond donors (Lipinski definition) is 3. The molecule has 474 valence electrons. The summed E-state index contributed by atoms with van der Waals surface area (Å²) in [6.07, 6.45) is 88.0. The first-order valence-corrected chi connectivity index (χ1v) is 36.6. The van der Waals surface area contributed by atoms with Crippen molar-refractivity contribution in [2.75, 3.05) is 13.2 Å². The molecule has 6 nitrogen and oxygen atoms in total. The molecule has 0 aliphatic carbocycles. The Bertz CT molecular complexity index is 1250. The average Bonchev–Trinajstić information content (AvgIpc) is 3.46. The van der Waals surface area contributed by atoms with Crippen LogP contribution in [-0.2, 0) is 14.3 Å². The Labute approximate surface area is 501 Å². The summed E-state index contributed by atoms with van der Waals surface area (Å²) < 4.78 is 5.50. The van der Waals surface area contributed by atoms with Crippen LogP contribution < -0.4 is 5.32 Å². The molecule has 0 rings (SSSR count). The fourth-order valence-electron chi connectivity index (χ4n) is 11.7. The lowest BCUT2D eigenvalue weighted by molar-refractivity contribution is -0.143. The van der Waals surface area contributed by atoms with Crippen LogP contribution in [0.3, 0.4) is 0 Å². The van der Waals surface area contributed by atoms with Gasteiger partial charge in [-0.05, 0) is 57.8 Å². The first kappa shape index (κ1) is 78.3. The van der Waals surface area contributed by atoms with Gasteiger partial charge in [0.2, 0.25) is 5.91 Å². The lowest BCUT2D eigenvalue weighted by atomic mass is 10.0. The highest BCUT2D eigenvalue weighted by Crippen LogP contribution is 2.19. The minimum atomic E-state index is -0.672. The van der Waals surface area contributed by atoms with Crippen LogP contribution >= 0.6 is 0 Å². The van der Waals surface area contributed by atoms with Crippen molar-refractivity contribution >= 4 is 11.9 Å². The highest BCUT2D eigenvalue weighted by atomic mass is 16.5. The molecule has 0 aromatic carbocycles. The van der Waals surface area contributed by atoms with E-state index in [1.165, 1.54) is 334 Å². The van der Waals surface area contributed by atoms with Crippen LogP contribution in [-0.4, -0.2) is 47.4 Å². The van der Waals surface area contributed by atoms with Crippen molar-refractivity contribution in [1.82, 2.24) is 5.32 Å². The van der Waals surface area contributed by atoms with Crippen LogP contribution in [0.2, 0.25) is 0 Å². The van der Waals surface area contributed by atoms with Gasteiger partial charge in [-0.1, -0.05) is 366 Å². The SMILES string of the molecule is CCCCCCCCCCCCCCCCCCCCCCCCCC(O)C(CO)NC(=O)CCCCCCCCC/C=C\C/C=C\CCCCCCCCCCCOC(=O)CCCCCCCCCCCCCCCCCCC. The zero-order valence-corrected chi connectivity index (χ0v) is 54.3. The van der Waals surface area contributed by atoms with Crippen molar-refractivity contribution in [2.24, 2.45) is 0 Å². The van der Waals surface area contributed by atoms with Gasteiger partial charge in [-0.15, -0.1) is 0 Å². The first-order chi connectivity index (χ1) is 39.5. The van der Waals surface area contributed by atoms with Gasteiger partial charge in [-0.3, -0.25) is 9.59 Å². The number of aliphatic hydroxyl groups is 2. The zero-order chi connectivity index (χ0) is 57.8. The minimum Gasteiger partial charge on any atom is -0.466 e. The molecule has 1 amide bonds. The van der Waals surface area contributed by atoms with E-state index >= 15 is 0 Å². The van der Waals surface area contributed by atoms with Crippen LogP contribution in [0, 0.1) is 0 Å². The molecule has 0 fully saturated rings. The molecule has 0 radical (unpaired) electrons. The summed E-state index contributed by atoms with van der Waals surface area (Å²) in [6, 6.07) is -0.550. The molecule has 2 unspecified atom stereocenters. The molecule has 2 atom stereocenters. The number of esters is 1. The van der Waals surface area contributed by atoms with E-state index in [-0.39, 0.29) is 18.5 Å². The van der Waals surface area contributed by atoms with Gasteiger partial charge in [-0.25, -0.2) is 0 Å². The number of unbranched alkanes of at least 4 members (excludes halogenated alkanes) is 54. The second-order valence-corrected chi connectivity index (χ2v) is 25.3. The van der Waals surface area contributed by atoms with Gasteiger partial charge >= 0.3 is 5.97 Å². The third kappa shape index (κ3) is 65.5. The fraction of sp³-hybridized carbons (Fsp3) is 0.919. The number of rotatable bonds is 69. The van der Waals surface area contributed by atoms with E-state index in [1.54, 1.807) is 0 Å². The molecule has 0 saturated heterocycles. The molecule has 0 aliphatic rings. The van der Waals surface area contributed by atoms with Gasteiger partial charge in [0.25, 0.3) is 0 Å². The van der Waals surface area contributed by atoms with E-state index in [1.807, 2.05) is 0 Å². The van der Waals surface area contributed by atoms with E-state index in [2.05, 4.69) is 43.5 Å². The Balaban J connectivity index is 3.43. The normalized spacial score (nSPS) is 12.6. The van der Waals surface area contributed by atoms with Crippen molar-refractivity contribution in [2.45, 2.75) is 424 Å². The lowest BCUT2D eigenvalue weighted by Gasteiger charge is -2.22. The van der Waals surface area contributed by atoms with Crippen LogP contribution in [0.5, 0.6) is 0 Å². The van der Waals surface area contributed by atoms with Gasteiger partial charge < -0.3 is 20.3 Å². The van der Waals surface area contributed by atoms with Gasteiger partial charge in [0.1, 0.15) is 0 Å². The maximum Gasteiger partial charge on any atom is 0.305 e. The van der Waals surface area contributed by atoms with E-state index in [9.17, 15) is 19.8 Å². The smallest absolute Gasteiger partial charge is 0.305 e. The number of carbonyl (C=O) groups excluding carboxylic acids is 2. The zero-order valence-electron chi connectivity index (χ0n) is 54.3. The maximum absolute atomic E-state index is 12.6. The second-order valence-electron chi connectivity index (χ2n) is 25.3. The lowest BCUT2D eigenvalue weighted by Crippen LogP contribution is -2.45. The Morgan fingerprint density at radius 3 is 0.950 bits per heavy atom. The van der Waals surface area contributed by atoms with E-state index in [0.29, 0.717) is 25.9 Å². The maximum atomic E-state index is 12.6. The van der Waals surface area contributed by atoms with Crippen molar-refractivity contribution in [3.8, 4) is 0 Å². The number of aliphatic hydroxyl groups excluding tert-OH is 2. The van der Waals surface area contributed by atoms with Crippen LogP contribution in [0.1, 0.15) is 412 Å². The topological polar surface area (TPSA) is 95.9 Å². The summed E-state index contributed by atoms with van der Waals surface area (Å²) in [7, 11) is 0. The summed E-state index contributed by atoms with van der Waals surface area (Å²) >= 11 is 0. The largest absolute Gasteiger partial charge is 0.466 e. The number of ether oxygens (including phenoxy) is 1. The molecule has 0 saturated carbocycles. The summed E-state index contributed by atoms with van der Waals surface area (Å²) in [5.41, 5.74) is 0. The van der Waals surface area contributed by atoms with Crippen LogP contribution in [0.4, 0.5) is 0 Å². The number of nitrogens with one attached hydrogen (secondary N) is 1. The Morgan fingerprint density at radius 1 is 0.350 bits per heavy atom. The van der Waals surface area contributed by atoms with Gasteiger partial charge in [0.15, 0.2) is 0 Å². The average molecular weight is 1130 g/mol. The van der Waals surface area contributed by atoms with E-state index in [0.717, 1.165) is 44.9 Å². The predicted molar refractivity (Wildman–Crippen MR) is 352 cm³/mol. The van der Waals surface area contributed by atoms with Crippen LogP contribution in [0.15, 0.2) is 24.3 Å². The highest BCUT2D eigenvalue weighted by molar-refractivity contribution is 5.76. The summed E-state index contributed by atoms with van der Waals surface area (Å²) in [5, 5.41) is 23.4. The van der Waals surface area contributed by atoms with Crippen molar-refractivity contribution in [3.63, 3.8) is 0 Å². The molecule has 0 aromatic rings. The molecule has 0 aromatic heterocycles. The van der Waals surface area contributed by atoms with Crippen molar-refractivity contribution in [3.05, 3.63) is 24.3 Å². The third-order valence-corrected chi connectivity index (χ3v) is 17.3. The third-order valence-electron chi connectivity index (χ3n) is 17.3. The Kier molecular flexibility index (Phi) is 68.4. The molecular formula is C74H143NO5. The molecular weight excluding hydrogens is 983 g/mol. The number of carbonyl (C=O) groups is 2. The molecule has 0 bridgehead atoms. The summed E-state index contributed by atoms with van der Waals surface area (Å²) in [5.74, 6) is -0.0286. The molecule has 0 heterocycles. The second kappa shape index (κ2) is 69.8. The van der Waals surface area contributed by atoms with Gasteiger partial charge in [0.05, 0.1) is 25.4 Å². The minimum absolute atomic E-state index is 0.0121. The number of allylic oxidation sites excluding steroid dienone is 4. The molecule has 0 aliphatic heterocycles.